The van der Waals surface area contributed by atoms with Crippen LogP contribution >= 0.6 is 0 Å². The maximum absolute atomic E-state index is 5.67. The second kappa shape index (κ2) is 6.38. The van der Waals surface area contributed by atoms with Gasteiger partial charge in [0.25, 0.3) is 0 Å². The van der Waals surface area contributed by atoms with Gasteiger partial charge in [-0.1, -0.05) is 0 Å². The summed E-state index contributed by atoms with van der Waals surface area (Å²) in [6.45, 7) is 6.86. The highest BCUT2D eigenvalue weighted by Crippen LogP contribution is 2.16. The topological polar surface area (TPSA) is 41.3 Å². The molecule has 3 heteroatoms. The Kier molecular flexibility index (Phi) is 5.45. The van der Waals surface area contributed by atoms with Crippen LogP contribution in [-0.2, 0) is 0 Å². The summed E-state index contributed by atoms with van der Waals surface area (Å²) in [5, 5.41) is 3.46. The number of nitrogens with one attached hydrogen (secondary N) is 1. The van der Waals surface area contributed by atoms with Crippen LogP contribution in [0.15, 0.2) is 0 Å². The van der Waals surface area contributed by atoms with Crippen LogP contribution in [0.1, 0.15) is 26.2 Å². The van der Waals surface area contributed by atoms with Gasteiger partial charge in [0.15, 0.2) is 0 Å². The fourth-order valence-electron chi connectivity index (χ4n) is 2.02. The second-order valence-corrected chi connectivity index (χ2v) is 4.72. The van der Waals surface area contributed by atoms with Crippen LogP contribution < -0.4 is 11.1 Å². The molecule has 0 aromatic carbocycles. The SMILES string of the molecule is CC(N)CCNCCC1CCN(C)C1. The van der Waals surface area contributed by atoms with E-state index >= 15 is 0 Å². The van der Waals surface area contributed by atoms with Crippen molar-refractivity contribution in [1.29, 1.82) is 0 Å². The van der Waals surface area contributed by atoms with Crippen LogP contribution in [0.25, 0.3) is 0 Å². The van der Waals surface area contributed by atoms with E-state index in [1.807, 2.05) is 0 Å². The zero-order valence-electron chi connectivity index (χ0n) is 9.63. The third kappa shape index (κ3) is 4.94. The molecule has 1 fully saturated rings. The molecular weight excluding hydrogens is 174 g/mol. The first-order valence-corrected chi connectivity index (χ1v) is 5.83. The zero-order chi connectivity index (χ0) is 10.4. The highest BCUT2D eigenvalue weighted by Gasteiger charge is 2.18. The van der Waals surface area contributed by atoms with Crippen molar-refractivity contribution >= 4 is 0 Å². The van der Waals surface area contributed by atoms with Crippen molar-refractivity contribution < 1.29 is 0 Å². The number of nitrogens with zero attached hydrogens (tertiary/aromatic N) is 1. The summed E-state index contributed by atoms with van der Waals surface area (Å²) in [6, 6.07) is 0.333. The van der Waals surface area contributed by atoms with E-state index in [1.54, 1.807) is 0 Å². The molecule has 0 aromatic rings. The van der Waals surface area contributed by atoms with Gasteiger partial charge in [-0.2, -0.15) is 0 Å². The van der Waals surface area contributed by atoms with E-state index in [4.69, 9.17) is 5.73 Å². The molecule has 0 amide bonds. The van der Waals surface area contributed by atoms with Crippen LogP contribution in [0.5, 0.6) is 0 Å². The largest absolute Gasteiger partial charge is 0.328 e. The minimum Gasteiger partial charge on any atom is -0.328 e. The lowest BCUT2D eigenvalue weighted by molar-refractivity contribution is 0.384. The minimum atomic E-state index is 0.333. The van der Waals surface area contributed by atoms with E-state index < -0.39 is 0 Å². The molecule has 1 heterocycles. The lowest BCUT2D eigenvalue weighted by Gasteiger charge is -2.11. The average Bonchev–Trinajstić information content (AvgIpc) is 2.50. The van der Waals surface area contributed by atoms with Crippen molar-refractivity contribution in [2.75, 3.05) is 33.2 Å². The fourth-order valence-corrected chi connectivity index (χ4v) is 2.02. The van der Waals surface area contributed by atoms with Gasteiger partial charge in [0.2, 0.25) is 0 Å². The molecule has 14 heavy (non-hydrogen) atoms. The Bertz CT molecular complexity index is 147. The van der Waals surface area contributed by atoms with Crippen molar-refractivity contribution in [2.24, 2.45) is 11.7 Å². The molecule has 3 N–H and O–H groups in total. The molecular formula is C11H25N3. The molecule has 0 spiro atoms. The Hall–Kier alpha value is -0.120. The predicted octanol–water partition coefficient (Wildman–Crippen LogP) is 0.655. The van der Waals surface area contributed by atoms with Gasteiger partial charge in [-0.3, -0.25) is 0 Å². The molecule has 0 bridgehead atoms. The van der Waals surface area contributed by atoms with E-state index in [0.29, 0.717) is 6.04 Å². The molecule has 0 radical (unpaired) electrons. The minimum absolute atomic E-state index is 0.333. The Labute approximate surface area is 88.0 Å². The third-order valence-corrected chi connectivity index (χ3v) is 2.99. The van der Waals surface area contributed by atoms with Crippen molar-refractivity contribution in [3.8, 4) is 0 Å². The van der Waals surface area contributed by atoms with E-state index in [-0.39, 0.29) is 0 Å². The molecule has 0 aromatic heterocycles. The van der Waals surface area contributed by atoms with Crippen LogP contribution in [-0.4, -0.2) is 44.2 Å². The highest BCUT2D eigenvalue weighted by atomic mass is 15.1. The van der Waals surface area contributed by atoms with Crippen molar-refractivity contribution in [3.63, 3.8) is 0 Å². The molecule has 1 rings (SSSR count). The van der Waals surface area contributed by atoms with E-state index in [2.05, 4.69) is 24.2 Å². The van der Waals surface area contributed by atoms with Crippen molar-refractivity contribution in [3.05, 3.63) is 0 Å². The quantitative estimate of drug-likeness (QED) is 0.617. The standard InChI is InChI=1S/C11H25N3/c1-10(12)3-6-13-7-4-11-5-8-14(2)9-11/h10-11,13H,3-9,12H2,1-2H3. The summed E-state index contributed by atoms with van der Waals surface area (Å²) in [5.41, 5.74) is 5.67. The molecule has 0 aliphatic carbocycles. The highest BCUT2D eigenvalue weighted by molar-refractivity contribution is 4.73. The van der Waals surface area contributed by atoms with Gasteiger partial charge in [-0.15, -0.1) is 0 Å². The number of hydrogen-bond acceptors (Lipinski definition) is 3. The number of nitrogens with two attached hydrogens (primary N) is 1. The maximum atomic E-state index is 5.67. The van der Waals surface area contributed by atoms with Gasteiger partial charge < -0.3 is 16.0 Å². The normalized spacial score (nSPS) is 25.5. The van der Waals surface area contributed by atoms with Crippen molar-refractivity contribution in [1.82, 2.24) is 10.2 Å². The van der Waals surface area contributed by atoms with Crippen LogP contribution in [0.3, 0.4) is 0 Å². The summed E-state index contributed by atoms with van der Waals surface area (Å²) >= 11 is 0. The number of likely N-dealkylation sites (tertiary alicyclic amines) is 1. The van der Waals surface area contributed by atoms with Gasteiger partial charge in [0.1, 0.15) is 0 Å². The van der Waals surface area contributed by atoms with Gasteiger partial charge in [-0.25, -0.2) is 0 Å². The van der Waals surface area contributed by atoms with E-state index in [1.165, 1.54) is 25.9 Å². The first-order valence-electron chi connectivity index (χ1n) is 5.83. The molecule has 3 nitrogen and oxygen atoms in total. The monoisotopic (exact) mass is 199 g/mol. The molecule has 0 saturated carbocycles. The Balaban J connectivity index is 1.89. The second-order valence-electron chi connectivity index (χ2n) is 4.72. The molecule has 1 aliphatic heterocycles. The smallest absolute Gasteiger partial charge is 0.00225 e. The van der Waals surface area contributed by atoms with Crippen LogP contribution in [0.4, 0.5) is 0 Å². The molecule has 1 saturated heterocycles. The Morgan fingerprint density at radius 1 is 1.50 bits per heavy atom. The van der Waals surface area contributed by atoms with Gasteiger partial charge in [0.05, 0.1) is 0 Å². The van der Waals surface area contributed by atoms with Gasteiger partial charge in [-0.05, 0) is 58.8 Å². The first-order chi connectivity index (χ1) is 6.68. The average molecular weight is 199 g/mol. The number of hydrogen-bond donors (Lipinski definition) is 2. The summed E-state index contributed by atoms with van der Waals surface area (Å²) < 4.78 is 0. The maximum Gasteiger partial charge on any atom is 0.00225 e. The Morgan fingerprint density at radius 3 is 2.86 bits per heavy atom. The molecule has 84 valence electrons. The van der Waals surface area contributed by atoms with Crippen LogP contribution in [0.2, 0.25) is 0 Å². The molecule has 2 atom stereocenters. The van der Waals surface area contributed by atoms with Gasteiger partial charge >= 0.3 is 0 Å². The van der Waals surface area contributed by atoms with Crippen molar-refractivity contribution in [2.45, 2.75) is 32.2 Å². The van der Waals surface area contributed by atoms with E-state index in [9.17, 15) is 0 Å². The summed E-state index contributed by atoms with van der Waals surface area (Å²) in [6.07, 6.45) is 3.79. The summed E-state index contributed by atoms with van der Waals surface area (Å²) in [4.78, 5) is 2.42. The van der Waals surface area contributed by atoms with Gasteiger partial charge in [0, 0.05) is 12.6 Å². The zero-order valence-corrected chi connectivity index (χ0v) is 9.63. The number of rotatable bonds is 6. The molecule has 2 unspecified atom stereocenters. The lowest BCUT2D eigenvalue weighted by atomic mass is 10.1. The van der Waals surface area contributed by atoms with Crippen LogP contribution in [0, 0.1) is 5.92 Å². The van der Waals surface area contributed by atoms with E-state index in [0.717, 1.165) is 25.4 Å². The fraction of sp³-hybridized carbons (Fsp3) is 1.00. The summed E-state index contributed by atoms with van der Waals surface area (Å²) in [5.74, 6) is 0.919. The Morgan fingerprint density at radius 2 is 2.29 bits per heavy atom. The molecule has 1 aliphatic rings. The lowest BCUT2D eigenvalue weighted by Crippen LogP contribution is -2.26. The summed E-state index contributed by atoms with van der Waals surface area (Å²) in [7, 11) is 2.21. The predicted molar refractivity (Wildman–Crippen MR) is 61.4 cm³/mol. The first kappa shape index (κ1) is 12.0. The third-order valence-electron chi connectivity index (χ3n) is 2.99.